The van der Waals surface area contributed by atoms with Crippen LogP contribution in [0.25, 0.3) is 0 Å². The standard InChI is InChI=1S/C25H25FN2O5S/c1-3-22(33-23-10-6-4-8-20(23)26)25(29)27-18-12-14-19(15-13-18)34(30,31)28-16-17(2)32-24-11-7-5-9-21(24)28/h4-15,17,22H,3,16H2,1-2H3,(H,27,29)/t17-,22-/m1/s1. The van der Waals surface area contributed by atoms with Gasteiger partial charge in [0.2, 0.25) is 0 Å². The lowest BCUT2D eigenvalue weighted by atomic mass is 10.2. The van der Waals surface area contributed by atoms with Gasteiger partial charge in [0.25, 0.3) is 15.9 Å². The first-order valence-electron chi connectivity index (χ1n) is 10.9. The summed E-state index contributed by atoms with van der Waals surface area (Å²) in [6.07, 6.45) is -0.892. The molecule has 0 unspecified atom stereocenters. The summed E-state index contributed by atoms with van der Waals surface area (Å²) in [6.45, 7) is 3.75. The molecular formula is C25H25FN2O5S. The van der Waals surface area contributed by atoms with Gasteiger partial charge in [-0.2, -0.15) is 0 Å². The van der Waals surface area contributed by atoms with Gasteiger partial charge in [0.15, 0.2) is 17.7 Å². The molecule has 1 N–H and O–H groups in total. The van der Waals surface area contributed by atoms with Gasteiger partial charge in [0, 0.05) is 5.69 Å². The summed E-state index contributed by atoms with van der Waals surface area (Å²) in [5, 5.41) is 2.70. The van der Waals surface area contributed by atoms with Gasteiger partial charge < -0.3 is 14.8 Å². The Bertz CT molecular complexity index is 1280. The fraction of sp³-hybridized carbons (Fsp3) is 0.240. The SMILES string of the molecule is CC[C@@H](Oc1ccccc1F)C(=O)Nc1ccc(S(=O)(=O)N2C[C@@H](C)Oc3ccccc32)cc1. The van der Waals surface area contributed by atoms with Crippen LogP contribution >= 0.6 is 0 Å². The number of hydrogen-bond acceptors (Lipinski definition) is 5. The fourth-order valence-corrected chi connectivity index (χ4v) is 5.20. The van der Waals surface area contributed by atoms with Crippen molar-refractivity contribution < 1.29 is 27.1 Å². The zero-order valence-electron chi connectivity index (χ0n) is 18.8. The number of halogens is 1. The van der Waals surface area contributed by atoms with E-state index in [1.807, 2.05) is 6.92 Å². The third-order valence-electron chi connectivity index (χ3n) is 5.36. The number of para-hydroxylation sites is 3. The average molecular weight is 485 g/mol. The maximum absolute atomic E-state index is 13.9. The molecule has 0 saturated heterocycles. The van der Waals surface area contributed by atoms with Gasteiger partial charge in [-0.25, -0.2) is 12.8 Å². The van der Waals surface area contributed by atoms with Crippen molar-refractivity contribution in [1.82, 2.24) is 0 Å². The van der Waals surface area contributed by atoms with Gasteiger partial charge in [0.05, 0.1) is 17.1 Å². The van der Waals surface area contributed by atoms with Gasteiger partial charge in [-0.15, -0.1) is 0 Å². The van der Waals surface area contributed by atoms with Crippen LogP contribution in [0.2, 0.25) is 0 Å². The van der Waals surface area contributed by atoms with Crippen molar-refractivity contribution in [3.05, 3.63) is 78.6 Å². The molecular weight excluding hydrogens is 459 g/mol. The van der Waals surface area contributed by atoms with Crippen LogP contribution in [0.4, 0.5) is 15.8 Å². The van der Waals surface area contributed by atoms with E-state index >= 15 is 0 Å². The highest BCUT2D eigenvalue weighted by atomic mass is 32.2. The second-order valence-electron chi connectivity index (χ2n) is 7.89. The van der Waals surface area contributed by atoms with Gasteiger partial charge in [-0.1, -0.05) is 31.2 Å². The average Bonchev–Trinajstić information content (AvgIpc) is 2.83. The predicted octanol–water partition coefficient (Wildman–Crippen LogP) is 4.60. The summed E-state index contributed by atoms with van der Waals surface area (Å²) >= 11 is 0. The molecule has 9 heteroatoms. The number of sulfonamides is 1. The zero-order chi connectivity index (χ0) is 24.3. The molecule has 0 bridgehead atoms. The summed E-state index contributed by atoms with van der Waals surface area (Å²) in [4.78, 5) is 12.8. The van der Waals surface area contributed by atoms with Gasteiger partial charge >= 0.3 is 0 Å². The number of carbonyl (C=O) groups excluding carboxylic acids is 1. The van der Waals surface area contributed by atoms with Crippen molar-refractivity contribution in [3.8, 4) is 11.5 Å². The Hall–Kier alpha value is -3.59. The highest BCUT2D eigenvalue weighted by molar-refractivity contribution is 7.92. The minimum Gasteiger partial charge on any atom is -0.487 e. The molecule has 1 heterocycles. The Labute approximate surface area is 198 Å². The molecule has 3 aromatic rings. The van der Waals surface area contributed by atoms with Crippen molar-refractivity contribution in [2.75, 3.05) is 16.2 Å². The van der Waals surface area contributed by atoms with Crippen LogP contribution in [0.3, 0.4) is 0 Å². The van der Waals surface area contributed by atoms with E-state index in [4.69, 9.17) is 9.47 Å². The van der Waals surface area contributed by atoms with Gasteiger partial charge in [0.1, 0.15) is 11.9 Å². The van der Waals surface area contributed by atoms with Crippen molar-refractivity contribution in [3.63, 3.8) is 0 Å². The Kier molecular flexibility index (Phi) is 6.74. The molecule has 0 fully saturated rings. The number of benzene rings is 3. The quantitative estimate of drug-likeness (QED) is 0.530. The maximum atomic E-state index is 13.9. The molecule has 178 valence electrons. The van der Waals surface area contributed by atoms with E-state index in [9.17, 15) is 17.6 Å². The number of carbonyl (C=O) groups is 1. The minimum absolute atomic E-state index is 0.00837. The molecule has 7 nitrogen and oxygen atoms in total. The monoisotopic (exact) mass is 484 g/mol. The van der Waals surface area contributed by atoms with Gasteiger partial charge in [-0.3, -0.25) is 9.10 Å². The van der Waals surface area contributed by atoms with E-state index < -0.39 is 27.9 Å². The smallest absolute Gasteiger partial charge is 0.265 e. The van der Waals surface area contributed by atoms with Crippen LogP contribution in [-0.2, 0) is 14.8 Å². The van der Waals surface area contributed by atoms with E-state index in [-0.39, 0.29) is 23.3 Å². The molecule has 1 aliphatic rings. The minimum atomic E-state index is -3.85. The molecule has 4 rings (SSSR count). The molecule has 2 atom stereocenters. The van der Waals surface area contributed by atoms with Crippen LogP contribution in [0, 0.1) is 5.82 Å². The lowest BCUT2D eigenvalue weighted by Crippen LogP contribution is -2.42. The summed E-state index contributed by atoms with van der Waals surface area (Å²) < 4.78 is 53.2. The fourth-order valence-electron chi connectivity index (χ4n) is 3.65. The van der Waals surface area contributed by atoms with E-state index in [2.05, 4.69) is 5.32 Å². The highest BCUT2D eigenvalue weighted by Gasteiger charge is 2.32. The second kappa shape index (κ2) is 9.72. The van der Waals surface area contributed by atoms with Crippen LogP contribution in [0.1, 0.15) is 20.3 Å². The maximum Gasteiger partial charge on any atom is 0.265 e. The molecule has 3 aromatic carbocycles. The number of hydrogen-bond donors (Lipinski definition) is 1. The second-order valence-corrected chi connectivity index (χ2v) is 9.75. The lowest BCUT2D eigenvalue weighted by molar-refractivity contribution is -0.122. The molecule has 1 aliphatic heterocycles. The highest BCUT2D eigenvalue weighted by Crippen LogP contribution is 2.36. The molecule has 0 saturated carbocycles. The number of anilines is 2. The molecule has 0 aliphatic carbocycles. The molecule has 0 aromatic heterocycles. The Balaban J connectivity index is 1.50. The van der Waals surface area contributed by atoms with E-state index in [0.717, 1.165) is 0 Å². The van der Waals surface area contributed by atoms with Crippen LogP contribution in [0.5, 0.6) is 11.5 Å². The first-order valence-corrected chi connectivity index (χ1v) is 12.3. The number of amides is 1. The van der Waals surface area contributed by atoms with Crippen molar-refractivity contribution in [2.45, 2.75) is 37.4 Å². The topological polar surface area (TPSA) is 84.9 Å². The lowest BCUT2D eigenvalue weighted by Gasteiger charge is -2.34. The van der Waals surface area contributed by atoms with Crippen LogP contribution in [-0.4, -0.2) is 33.1 Å². The number of fused-ring (bicyclic) bond motifs is 1. The third-order valence-corrected chi connectivity index (χ3v) is 7.16. The molecule has 34 heavy (non-hydrogen) atoms. The zero-order valence-corrected chi connectivity index (χ0v) is 19.6. The number of nitrogens with zero attached hydrogens (tertiary/aromatic N) is 1. The predicted molar refractivity (Wildman–Crippen MR) is 127 cm³/mol. The van der Waals surface area contributed by atoms with Crippen molar-refractivity contribution >= 4 is 27.3 Å². The largest absolute Gasteiger partial charge is 0.487 e. The number of nitrogens with one attached hydrogen (secondary N) is 1. The summed E-state index contributed by atoms with van der Waals surface area (Å²) in [5.41, 5.74) is 0.879. The van der Waals surface area contributed by atoms with Crippen LogP contribution < -0.4 is 19.1 Å². The Morgan fingerprint density at radius 3 is 2.50 bits per heavy atom. The summed E-state index contributed by atoms with van der Waals surface area (Å²) in [5.74, 6) is -0.514. The molecule has 0 spiro atoms. The first-order chi connectivity index (χ1) is 16.3. The normalized spacial score (nSPS) is 16.2. The summed E-state index contributed by atoms with van der Waals surface area (Å²) in [6, 6.07) is 18.7. The summed E-state index contributed by atoms with van der Waals surface area (Å²) in [7, 11) is -3.85. The van der Waals surface area contributed by atoms with E-state index in [1.54, 1.807) is 37.3 Å². The van der Waals surface area contributed by atoms with E-state index in [0.29, 0.717) is 23.5 Å². The third kappa shape index (κ3) is 4.84. The molecule has 0 radical (unpaired) electrons. The molecule has 1 amide bonds. The van der Waals surface area contributed by atoms with Crippen molar-refractivity contribution in [2.24, 2.45) is 0 Å². The van der Waals surface area contributed by atoms with Gasteiger partial charge in [-0.05, 0) is 61.9 Å². The van der Waals surface area contributed by atoms with Crippen molar-refractivity contribution in [1.29, 1.82) is 0 Å². The number of rotatable bonds is 7. The van der Waals surface area contributed by atoms with E-state index in [1.165, 1.54) is 46.8 Å². The first kappa shape index (κ1) is 23.6. The van der Waals surface area contributed by atoms with Crippen LogP contribution in [0.15, 0.2) is 77.7 Å². The number of ether oxygens (including phenoxy) is 2. The Morgan fingerprint density at radius 2 is 1.79 bits per heavy atom. The Morgan fingerprint density at radius 1 is 1.12 bits per heavy atom.